The molecule has 0 unspecified atom stereocenters. The second-order valence-corrected chi connectivity index (χ2v) is 5.44. The van der Waals surface area contributed by atoms with Gasteiger partial charge < -0.3 is 10.6 Å². The lowest BCUT2D eigenvalue weighted by atomic mass is 9.80. The molecule has 1 fully saturated rings. The van der Waals surface area contributed by atoms with Gasteiger partial charge in [0.05, 0.1) is 0 Å². The third-order valence-corrected chi connectivity index (χ3v) is 4.30. The third-order valence-electron chi connectivity index (χ3n) is 4.30. The van der Waals surface area contributed by atoms with E-state index >= 15 is 0 Å². The fourth-order valence-corrected chi connectivity index (χ4v) is 3.24. The zero-order chi connectivity index (χ0) is 13.3. The second-order valence-electron chi connectivity index (χ2n) is 5.44. The van der Waals surface area contributed by atoms with E-state index in [-0.39, 0.29) is 11.6 Å². The first-order chi connectivity index (χ1) is 9.22. The molecule has 1 aliphatic carbocycles. The fraction of sp³-hybridized carbons (Fsp3) is 0.467. The smallest absolute Gasteiger partial charge is 0.346 e. The molecule has 0 atom stereocenters. The molecule has 1 heterocycles. The molecule has 1 saturated carbocycles. The van der Waals surface area contributed by atoms with Gasteiger partial charge in [-0.1, -0.05) is 49.6 Å². The number of nitrogens with zero attached hydrogens (tertiary/aromatic N) is 2. The van der Waals surface area contributed by atoms with Crippen LogP contribution in [-0.4, -0.2) is 22.3 Å². The Kier molecular flexibility index (Phi) is 3.01. The second kappa shape index (κ2) is 4.68. The quantitative estimate of drug-likeness (QED) is 0.885. The van der Waals surface area contributed by atoms with Crippen LogP contribution in [0.25, 0.3) is 0 Å². The molecule has 0 bridgehead atoms. The number of benzene rings is 1. The highest BCUT2D eigenvalue weighted by Gasteiger charge is 2.48. The van der Waals surface area contributed by atoms with Crippen LogP contribution >= 0.6 is 0 Å². The molecule has 3 rings (SSSR count). The molecule has 0 aromatic heterocycles. The van der Waals surface area contributed by atoms with Gasteiger partial charge in [-0.05, 0) is 18.4 Å². The summed E-state index contributed by atoms with van der Waals surface area (Å²) in [7, 11) is 0. The topological polar surface area (TPSA) is 58.7 Å². The van der Waals surface area contributed by atoms with Crippen molar-refractivity contribution in [1.82, 2.24) is 4.90 Å². The lowest BCUT2D eigenvalue weighted by molar-refractivity contribution is 0.137. The summed E-state index contributed by atoms with van der Waals surface area (Å²) in [5.74, 6) is 0.521. The van der Waals surface area contributed by atoms with Gasteiger partial charge >= 0.3 is 6.03 Å². The first-order valence-corrected chi connectivity index (χ1v) is 6.92. The van der Waals surface area contributed by atoms with Crippen molar-refractivity contribution in [2.24, 2.45) is 10.7 Å². The van der Waals surface area contributed by atoms with Crippen molar-refractivity contribution in [3.63, 3.8) is 0 Å². The van der Waals surface area contributed by atoms with Crippen LogP contribution in [0.2, 0.25) is 0 Å². The van der Waals surface area contributed by atoms with Gasteiger partial charge in [0.1, 0.15) is 11.4 Å². The number of nitrogens with two attached hydrogens (primary N) is 1. The van der Waals surface area contributed by atoms with Gasteiger partial charge in [0.25, 0.3) is 0 Å². The normalized spacial score (nSPS) is 21.8. The van der Waals surface area contributed by atoms with E-state index in [1.54, 1.807) is 0 Å². The van der Waals surface area contributed by atoms with Crippen molar-refractivity contribution >= 4 is 11.9 Å². The Balaban J connectivity index is 1.88. The summed E-state index contributed by atoms with van der Waals surface area (Å²) in [5, 5.41) is 0. The maximum atomic E-state index is 12.1. The highest BCUT2D eigenvalue weighted by atomic mass is 16.2. The van der Waals surface area contributed by atoms with E-state index in [9.17, 15) is 4.79 Å². The zero-order valence-corrected chi connectivity index (χ0v) is 11.0. The highest BCUT2D eigenvalue weighted by Crippen LogP contribution is 2.38. The van der Waals surface area contributed by atoms with Gasteiger partial charge in [0.15, 0.2) is 0 Å². The number of urea groups is 1. The molecule has 1 aromatic carbocycles. The van der Waals surface area contributed by atoms with E-state index in [4.69, 9.17) is 5.73 Å². The molecule has 0 radical (unpaired) electrons. The van der Waals surface area contributed by atoms with Crippen molar-refractivity contribution < 1.29 is 4.79 Å². The predicted octanol–water partition coefficient (Wildman–Crippen LogP) is 2.68. The molecule has 2 N–H and O–H groups in total. The van der Waals surface area contributed by atoms with E-state index in [0.717, 1.165) is 31.2 Å². The molecule has 0 saturated heterocycles. The number of amides is 2. The first kappa shape index (κ1) is 12.2. The van der Waals surface area contributed by atoms with Crippen LogP contribution in [0.3, 0.4) is 0 Å². The van der Waals surface area contributed by atoms with Gasteiger partial charge in [0.2, 0.25) is 0 Å². The maximum Gasteiger partial charge on any atom is 0.346 e. The summed E-state index contributed by atoms with van der Waals surface area (Å²) in [6.45, 7) is 0.601. The van der Waals surface area contributed by atoms with Crippen molar-refractivity contribution in [3.8, 4) is 0 Å². The van der Waals surface area contributed by atoms with Crippen molar-refractivity contribution in [2.45, 2.75) is 44.2 Å². The van der Waals surface area contributed by atoms with E-state index in [1.807, 2.05) is 35.2 Å². The van der Waals surface area contributed by atoms with Crippen LogP contribution in [0.1, 0.15) is 37.7 Å². The van der Waals surface area contributed by atoms with E-state index < -0.39 is 0 Å². The Morgan fingerprint density at radius 2 is 1.84 bits per heavy atom. The van der Waals surface area contributed by atoms with Crippen molar-refractivity contribution in [2.75, 3.05) is 0 Å². The van der Waals surface area contributed by atoms with E-state index in [0.29, 0.717) is 12.4 Å². The summed E-state index contributed by atoms with van der Waals surface area (Å²) in [6.07, 6.45) is 5.35. The Labute approximate surface area is 113 Å². The average Bonchev–Trinajstić information content (AvgIpc) is 2.66. The predicted molar refractivity (Wildman–Crippen MR) is 74.8 cm³/mol. The number of carbonyl (C=O) groups is 1. The number of hydrogen-bond donors (Lipinski definition) is 1. The van der Waals surface area contributed by atoms with Gasteiger partial charge in [-0.2, -0.15) is 4.99 Å². The molecule has 100 valence electrons. The average molecular weight is 257 g/mol. The fourth-order valence-electron chi connectivity index (χ4n) is 3.24. The number of amidine groups is 1. The van der Waals surface area contributed by atoms with Crippen LogP contribution in [-0.2, 0) is 6.54 Å². The van der Waals surface area contributed by atoms with Gasteiger partial charge in [-0.15, -0.1) is 0 Å². The minimum Gasteiger partial charge on any atom is -0.385 e. The molecule has 19 heavy (non-hydrogen) atoms. The molecule has 2 amide bonds. The third kappa shape index (κ3) is 2.01. The Morgan fingerprint density at radius 1 is 1.16 bits per heavy atom. The maximum absolute atomic E-state index is 12.1. The summed E-state index contributed by atoms with van der Waals surface area (Å²) in [6, 6.07) is 9.87. The van der Waals surface area contributed by atoms with Crippen LogP contribution in [0.4, 0.5) is 4.79 Å². The standard InChI is InChI=1S/C15H19N3O/c16-13-15(9-5-2-6-10-15)18(14(19)17-13)11-12-7-3-1-4-8-12/h1,3-4,7-8H,2,5-6,9-11H2,(H2,16,17,19). The Bertz CT molecular complexity index is 503. The molecule has 2 aliphatic rings. The minimum atomic E-state index is -0.314. The van der Waals surface area contributed by atoms with Gasteiger partial charge in [-0.3, -0.25) is 0 Å². The van der Waals surface area contributed by atoms with Crippen molar-refractivity contribution in [1.29, 1.82) is 0 Å². The van der Waals surface area contributed by atoms with Crippen LogP contribution < -0.4 is 5.73 Å². The van der Waals surface area contributed by atoms with Gasteiger partial charge in [0, 0.05) is 6.54 Å². The van der Waals surface area contributed by atoms with Crippen LogP contribution in [0.5, 0.6) is 0 Å². The molecule has 4 heteroatoms. The lowest BCUT2D eigenvalue weighted by Crippen LogP contribution is -2.54. The number of hydrogen-bond acceptors (Lipinski definition) is 2. The molecule has 1 aromatic rings. The van der Waals surface area contributed by atoms with E-state index in [1.165, 1.54) is 6.42 Å². The molecular formula is C15H19N3O. The monoisotopic (exact) mass is 257 g/mol. The van der Waals surface area contributed by atoms with E-state index in [2.05, 4.69) is 4.99 Å². The number of aliphatic imine (C=N–C) groups is 1. The SMILES string of the molecule is NC1=NC(=O)N(Cc2ccccc2)C12CCCCC2. The zero-order valence-electron chi connectivity index (χ0n) is 11.0. The molecule has 4 nitrogen and oxygen atoms in total. The summed E-state index contributed by atoms with van der Waals surface area (Å²) in [4.78, 5) is 18.0. The molecule has 1 aliphatic heterocycles. The minimum absolute atomic E-state index is 0.178. The summed E-state index contributed by atoms with van der Waals surface area (Å²) in [5.41, 5.74) is 6.88. The first-order valence-electron chi connectivity index (χ1n) is 6.92. The molecule has 1 spiro atoms. The Morgan fingerprint density at radius 3 is 2.53 bits per heavy atom. The van der Waals surface area contributed by atoms with Crippen LogP contribution in [0, 0.1) is 0 Å². The highest BCUT2D eigenvalue weighted by molar-refractivity contribution is 6.05. The summed E-state index contributed by atoms with van der Waals surface area (Å²) < 4.78 is 0. The van der Waals surface area contributed by atoms with Crippen molar-refractivity contribution in [3.05, 3.63) is 35.9 Å². The van der Waals surface area contributed by atoms with Crippen LogP contribution in [0.15, 0.2) is 35.3 Å². The summed E-state index contributed by atoms with van der Waals surface area (Å²) >= 11 is 0. The number of rotatable bonds is 2. The molecular weight excluding hydrogens is 238 g/mol. The lowest BCUT2D eigenvalue weighted by Gasteiger charge is -2.40. The number of carbonyl (C=O) groups excluding carboxylic acids is 1. The largest absolute Gasteiger partial charge is 0.385 e. The Hall–Kier alpha value is -1.84. The van der Waals surface area contributed by atoms with Gasteiger partial charge in [-0.25, -0.2) is 4.79 Å².